The minimum atomic E-state index is -0.634. The lowest BCUT2D eigenvalue weighted by molar-refractivity contribution is 0.187. The Morgan fingerprint density at radius 1 is 1.54 bits per heavy atom. The molecule has 13 heavy (non-hydrogen) atoms. The first-order valence-corrected chi connectivity index (χ1v) is 4.22. The second-order valence-electron chi connectivity index (χ2n) is 3.68. The first-order chi connectivity index (χ1) is 5.94. The molecule has 0 spiro atoms. The molecule has 0 fully saturated rings. The number of rotatable bonds is 3. The van der Waals surface area contributed by atoms with Crippen LogP contribution in [-0.4, -0.2) is 32.0 Å². The summed E-state index contributed by atoms with van der Waals surface area (Å²) in [6, 6.07) is 0. The van der Waals surface area contributed by atoms with Crippen molar-refractivity contribution in [3.05, 3.63) is 11.6 Å². The Morgan fingerprint density at radius 3 is 2.54 bits per heavy atom. The molecule has 74 valence electrons. The largest absolute Gasteiger partial charge is 0.394 e. The van der Waals surface area contributed by atoms with Crippen molar-refractivity contribution in [3.8, 4) is 0 Å². The number of hydrogen-bond donors (Lipinski definition) is 2. The molecular formula is C8H16N4O. The zero-order chi connectivity index (χ0) is 10.1. The van der Waals surface area contributed by atoms with E-state index in [0.717, 1.165) is 11.6 Å². The van der Waals surface area contributed by atoms with Crippen LogP contribution in [-0.2, 0) is 6.54 Å². The number of aliphatic hydroxyl groups is 1. The number of aromatic nitrogens is 3. The third-order valence-corrected chi connectivity index (χ3v) is 1.83. The third kappa shape index (κ3) is 2.50. The first kappa shape index (κ1) is 10.1. The number of aliphatic hydroxyl groups excluding tert-OH is 1. The summed E-state index contributed by atoms with van der Waals surface area (Å²) in [5.41, 5.74) is 5.15. The maximum absolute atomic E-state index is 8.97. The SMILES string of the molecule is Cc1nc(C)n(CC(C)(N)CO)n1. The molecule has 0 aliphatic rings. The van der Waals surface area contributed by atoms with Gasteiger partial charge < -0.3 is 10.8 Å². The van der Waals surface area contributed by atoms with Crippen molar-refractivity contribution in [1.29, 1.82) is 0 Å². The van der Waals surface area contributed by atoms with Gasteiger partial charge in [0.1, 0.15) is 11.6 Å². The molecule has 1 heterocycles. The van der Waals surface area contributed by atoms with Crippen LogP contribution in [0.1, 0.15) is 18.6 Å². The zero-order valence-electron chi connectivity index (χ0n) is 8.28. The fourth-order valence-corrected chi connectivity index (χ4v) is 1.10. The second kappa shape index (κ2) is 3.43. The van der Waals surface area contributed by atoms with Gasteiger partial charge in [0.05, 0.1) is 18.7 Å². The quantitative estimate of drug-likeness (QED) is 0.670. The Kier molecular flexibility index (Phi) is 2.68. The summed E-state index contributed by atoms with van der Waals surface area (Å²) in [4.78, 5) is 4.14. The van der Waals surface area contributed by atoms with Gasteiger partial charge in [-0.2, -0.15) is 5.10 Å². The number of nitrogens with two attached hydrogens (primary N) is 1. The van der Waals surface area contributed by atoms with E-state index in [2.05, 4.69) is 10.1 Å². The van der Waals surface area contributed by atoms with Crippen LogP contribution in [0.5, 0.6) is 0 Å². The smallest absolute Gasteiger partial charge is 0.147 e. The molecule has 5 heteroatoms. The van der Waals surface area contributed by atoms with Gasteiger partial charge in [-0.3, -0.25) is 0 Å². The molecule has 0 bridgehead atoms. The summed E-state index contributed by atoms with van der Waals surface area (Å²) in [5.74, 6) is 1.55. The Morgan fingerprint density at radius 2 is 2.15 bits per heavy atom. The number of aryl methyl sites for hydroxylation is 2. The molecule has 0 amide bonds. The Hall–Kier alpha value is -0.940. The molecule has 1 aromatic rings. The number of nitrogens with zero attached hydrogens (tertiary/aromatic N) is 3. The van der Waals surface area contributed by atoms with Crippen LogP contribution in [0.25, 0.3) is 0 Å². The van der Waals surface area contributed by atoms with Crippen molar-refractivity contribution in [2.45, 2.75) is 32.9 Å². The minimum Gasteiger partial charge on any atom is -0.394 e. The van der Waals surface area contributed by atoms with Gasteiger partial charge in [-0.05, 0) is 20.8 Å². The van der Waals surface area contributed by atoms with E-state index in [-0.39, 0.29) is 6.61 Å². The molecule has 1 unspecified atom stereocenters. The Bertz CT molecular complexity index is 292. The molecule has 1 aromatic heterocycles. The molecule has 0 saturated carbocycles. The summed E-state index contributed by atoms with van der Waals surface area (Å²) in [6.45, 7) is 5.90. The second-order valence-corrected chi connectivity index (χ2v) is 3.68. The third-order valence-electron chi connectivity index (χ3n) is 1.83. The van der Waals surface area contributed by atoms with Gasteiger partial charge >= 0.3 is 0 Å². The molecule has 1 rings (SSSR count). The standard InChI is InChI=1S/C8H16N4O/c1-6-10-7(2)12(11-6)4-8(3,9)5-13/h13H,4-5,9H2,1-3H3. The van der Waals surface area contributed by atoms with E-state index < -0.39 is 5.54 Å². The Balaban J connectivity index is 2.79. The fourth-order valence-electron chi connectivity index (χ4n) is 1.10. The minimum absolute atomic E-state index is 0.0641. The molecule has 3 N–H and O–H groups in total. The van der Waals surface area contributed by atoms with Gasteiger partial charge in [0, 0.05) is 0 Å². The van der Waals surface area contributed by atoms with Crippen molar-refractivity contribution in [1.82, 2.24) is 14.8 Å². The molecule has 0 aliphatic heterocycles. The normalized spacial score (nSPS) is 15.8. The van der Waals surface area contributed by atoms with Crippen LogP contribution in [0.2, 0.25) is 0 Å². The van der Waals surface area contributed by atoms with E-state index in [0.29, 0.717) is 6.54 Å². The van der Waals surface area contributed by atoms with Crippen molar-refractivity contribution in [3.63, 3.8) is 0 Å². The molecule has 0 aromatic carbocycles. The highest BCUT2D eigenvalue weighted by Gasteiger charge is 2.19. The van der Waals surface area contributed by atoms with Crippen LogP contribution in [0.3, 0.4) is 0 Å². The molecule has 1 atom stereocenters. The maximum atomic E-state index is 8.97. The van der Waals surface area contributed by atoms with Gasteiger partial charge in [0.2, 0.25) is 0 Å². The lowest BCUT2D eigenvalue weighted by atomic mass is 10.1. The van der Waals surface area contributed by atoms with E-state index in [4.69, 9.17) is 10.8 Å². The predicted molar refractivity (Wildman–Crippen MR) is 49.2 cm³/mol. The van der Waals surface area contributed by atoms with Gasteiger partial charge in [0.15, 0.2) is 0 Å². The summed E-state index contributed by atoms with van der Waals surface area (Å²) >= 11 is 0. The number of hydrogen-bond acceptors (Lipinski definition) is 4. The van der Waals surface area contributed by atoms with Gasteiger partial charge in [-0.15, -0.1) is 0 Å². The average Bonchev–Trinajstić information content (AvgIpc) is 2.30. The first-order valence-electron chi connectivity index (χ1n) is 4.22. The van der Waals surface area contributed by atoms with Crippen LogP contribution in [0.4, 0.5) is 0 Å². The average molecular weight is 184 g/mol. The van der Waals surface area contributed by atoms with Crippen molar-refractivity contribution >= 4 is 0 Å². The van der Waals surface area contributed by atoms with Gasteiger partial charge in [0.25, 0.3) is 0 Å². The molecule has 0 saturated heterocycles. The van der Waals surface area contributed by atoms with Crippen molar-refractivity contribution in [2.24, 2.45) is 5.73 Å². The van der Waals surface area contributed by atoms with E-state index >= 15 is 0 Å². The predicted octanol–water partition coefficient (Wildman–Crippen LogP) is -0.395. The molecular weight excluding hydrogens is 168 g/mol. The zero-order valence-corrected chi connectivity index (χ0v) is 8.28. The fraction of sp³-hybridized carbons (Fsp3) is 0.750. The van der Waals surface area contributed by atoms with Crippen LogP contribution in [0.15, 0.2) is 0 Å². The lowest BCUT2D eigenvalue weighted by Crippen LogP contribution is -2.44. The summed E-state index contributed by atoms with van der Waals surface area (Å²) in [6.07, 6.45) is 0. The summed E-state index contributed by atoms with van der Waals surface area (Å²) in [5, 5.41) is 13.1. The van der Waals surface area contributed by atoms with Crippen LogP contribution in [0, 0.1) is 13.8 Å². The lowest BCUT2D eigenvalue weighted by Gasteiger charge is -2.21. The van der Waals surface area contributed by atoms with Crippen LogP contribution < -0.4 is 5.73 Å². The highest BCUT2D eigenvalue weighted by atomic mass is 16.3. The van der Waals surface area contributed by atoms with E-state index in [1.165, 1.54) is 0 Å². The van der Waals surface area contributed by atoms with E-state index in [9.17, 15) is 0 Å². The molecule has 5 nitrogen and oxygen atoms in total. The van der Waals surface area contributed by atoms with Crippen molar-refractivity contribution in [2.75, 3.05) is 6.61 Å². The van der Waals surface area contributed by atoms with Gasteiger partial charge in [-0.25, -0.2) is 9.67 Å². The summed E-state index contributed by atoms with van der Waals surface area (Å²) < 4.78 is 1.71. The Labute approximate surface area is 77.6 Å². The molecule has 0 radical (unpaired) electrons. The van der Waals surface area contributed by atoms with E-state index in [1.807, 2.05) is 13.8 Å². The topological polar surface area (TPSA) is 77.0 Å². The monoisotopic (exact) mass is 184 g/mol. The van der Waals surface area contributed by atoms with Gasteiger partial charge in [-0.1, -0.05) is 0 Å². The highest BCUT2D eigenvalue weighted by molar-refractivity contribution is 4.90. The highest BCUT2D eigenvalue weighted by Crippen LogP contribution is 2.04. The van der Waals surface area contributed by atoms with Crippen molar-refractivity contribution < 1.29 is 5.11 Å². The van der Waals surface area contributed by atoms with E-state index in [1.54, 1.807) is 11.6 Å². The maximum Gasteiger partial charge on any atom is 0.147 e. The van der Waals surface area contributed by atoms with Crippen LogP contribution >= 0.6 is 0 Å². The summed E-state index contributed by atoms with van der Waals surface area (Å²) in [7, 11) is 0. The molecule has 0 aliphatic carbocycles.